The first-order valence-corrected chi connectivity index (χ1v) is 7.83. The quantitative estimate of drug-likeness (QED) is 0.918. The molecular formula is C14H17N3O3S. The lowest BCUT2D eigenvalue weighted by Crippen LogP contribution is -2.50. The van der Waals surface area contributed by atoms with Crippen LogP contribution in [-0.4, -0.2) is 33.3 Å². The van der Waals surface area contributed by atoms with Crippen molar-refractivity contribution in [3.8, 4) is 0 Å². The average Bonchev–Trinajstić information content (AvgIpc) is 2.79. The smallest absolute Gasteiger partial charge is 0.346 e. The minimum Gasteiger partial charge on any atom is -0.477 e. The van der Waals surface area contributed by atoms with Crippen molar-refractivity contribution in [2.24, 2.45) is 0 Å². The summed E-state index contributed by atoms with van der Waals surface area (Å²) in [5.41, 5.74) is 0.342. The van der Waals surface area contributed by atoms with E-state index in [0.29, 0.717) is 15.8 Å². The van der Waals surface area contributed by atoms with E-state index < -0.39 is 5.97 Å². The van der Waals surface area contributed by atoms with E-state index in [2.05, 4.69) is 11.9 Å². The fourth-order valence-electron chi connectivity index (χ4n) is 2.91. The summed E-state index contributed by atoms with van der Waals surface area (Å²) in [4.78, 5) is 28.9. The van der Waals surface area contributed by atoms with E-state index in [9.17, 15) is 14.7 Å². The fraction of sp³-hybridized carbons (Fsp3) is 0.500. The van der Waals surface area contributed by atoms with E-state index in [1.807, 2.05) is 5.01 Å². The molecule has 1 atom stereocenters. The van der Waals surface area contributed by atoms with E-state index in [-0.39, 0.29) is 16.5 Å². The summed E-state index contributed by atoms with van der Waals surface area (Å²) in [6.07, 6.45) is 4.79. The lowest BCUT2D eigenvalue weighted by molar-refractivity contribution is 0.0701. The van der Waals surface area contributed by atoms with Gasteiger partial charge in [0.05, 0.1) is 5.39 Å². The Labute approximate surface area is 125 Å². The van der Waals surface area contributed by atoms with Crippen molar-refractivity contribution >= 4 is 27.5 Å². The number of piperidine rings is 1. The Morgan fingerprint density at radius 2 is 2.24 bits per heavy atom. The van der Waals surface area contributed by atoms with Gasteiger partial charge in [0.2, 0.25) is 0 Å². The van der Waals surface area contributed by atoms with Crippen molar-refractivity contribution in [2.45, 2.75) is 39.2 Å². The molecule has 1 aliphatic heterocycles. The molecule has 1 aliphatic rings. The number of hydrogen-bond acceptors (Lipinski definition) is 5. The van der Waals surface area contributed by atoms with Crippen LogP contribution in [0, 0.1) is 6.92 Å². The third kappa shape index (κ3) is 2.21. The summed E-state index contributed by atoms with van der Waals surface area (Å²) < 4.78 is 1.55. The van der Waals surface area contributed by atoms with E-state index in [4.69, 9.17) is 0 Å². The van der Waals surface area contributed by atoms with Crippen molar-refractivity contribution in [1.29, 1.82) is 0 Å². The number of rotatable bonds is 2. The molecule has 1 N–H and O–H groups in total. The van der Waals surface area contributed by atoms with Crippen molar-refractivity contribution in [2.75, 3.05) is 11.6 Å². The van der Waals surface area contributed by atoms with Gasteiger partial charge in [0.25, 0.3) is 5.56 Å². The van der Waals surface area contributed by atoms with Crippen LogP contribution in [0.4, 0.5) is 0 Å². The minimum absolute atomic E-state index is 0.171. The standard InChI is InChI=1S/C14H17N3O3S/c1-8-5-3-4-6-16(8)17-7-15-12-10(13(17)18)9(2)11(21-12)14(19)20/h7-8H,3-6H2,1-2H3,(H,19,20). The number of carboxylic acids is 1. The summed E-state index contributed by atoms with van der Waals surface area (Å²) in [5, 5.41) is 11.6. The van der Waals surface area contributed by atoms with Crippen LogP contribution < -0.4 is 10.6 Å². The third-order valence-corrected chi connectivity index (χ3v) is 5.26. The predicted octanol–water partition coefficient (Wildman–Crippen LogP) is 1.98. The molecule has 0 bridgehead atoms. The van der Waals surface area contributed by atoms with Gasteiger partial charge in [0.15, 0.2) is 0 Å². The van der Waals surface area contributed by atoms with Crippen LogP contribution >= 0.6 is 11.3 Å². The molecule has 6 nitrogen and oxygen atoms in total. The first-order chi connectivity index (χ1) is 10.0. The predicted molar refractivity (Wildman–Crippen MR) is 82.0 cm³/mol. The van der Waals surface area contributed by atoms with E-state index in [1.165, 1.54) is 12.7 Å². The molecule has 1 unspecified atom stereocenters. The SMILES string of the molecule is Cc1c(C(=O)O)sc2ncn(N3CCCCC3C)c(=O)c12. The molecule has 0 saturated carbocycles. The highest BCUT2D eigenvalue weighted by Gasteiger charge is 2.23. The van der Waals surface area contributed by atoms with E-state index in [0.717, 1.165) is 30.7 Å². The lowest BCUT2D eigenvalue weighted by Gasteiger charge is -2.35. The van der Waals surface area contributed by atoms with Crippen molar-refractivity contribution in [3.63, 3.8) is 0 Å². The number of carboxylic acid groups (broad SMARTS) is 1. The number of carbonyl (C=O) groups is 1. The maximum Gasteiger partial charge on any atom is 0.346 e. The minimum atomic E-state index is -1.01. The Morgan fingerprint density at radius 3 is 2.90 bits per heavy atom. The van der Waals surface area contributed by atoms with Crippen LogP contribution in [-0.2, 0) is 0 Å². The van der Waals surface area contributed by atoms with Crippen molar-refractivity contribution in [1.82, 2.24) is 9.66 Å². The highest BCUT2D eigenvalue weighted by atomic mass is 32.1. The van der Waals surface area contributed by atoms with Crippen LogP contribution in [0.25, 0.3) is 10.2 Å². The molecule has 0 radical (unpaired) electrons. The molecule has 1 fully saturated rings. The first kappa shape index (κ1) is 14.1. The summed E-state index contributed by atoms with van der Waals surface area (Å²) in [5.74, 6) is -1.01. The van der Waals surface area contributed by atoms with Crippen LogP contribution in [0.15, 0.2) is 11.1 Å². The van der Waals surface area contributed by atoms with Gasteiger partial charge < -0.3 is 10.1 Å². The molecule has 0 amide bonds. The zero-order valence-corrected chi connectivity index (χ0v) is 12.8. The second-order valence-corrected chi connectivity index (χ2v) is 6.44. The average molecular weight is 307 g/mol. The molecule has 112 valence electrons. The molecular weight excluding hydrogens is 290 g/mol. The zero-order valence-electron chi connectivity index (χ0n) is 12.0. The maximum atomic E-state index is 12.7. The molecule has 3 rings (SSSR count). The molecule has 7 heteroatoms. The Kier molecular flexibility index (Phi) is 3.44. The van der Waals surface area contributed by atoms with Gasteiger partial charge in [-0.15, -0.1) is 11.3 Å². The highest BCUT2D eigenvalue weighted by Crippen LogP contribution is 2.27. The van der Waals surface area contributed by atoms with Gasteiger partial charge >= 0.3 is 5.97 Å². The summed E-state index contributed by atoms with van der Waals surface area (Å²) >= 11 is 1.06. The Morgan fingerprint density at radius 1 is 1.48 bits per heavy atom. The third-order valence-electron chi connectivity index (χ3n) is 4.07. The summed E-state index contributed by atoms with van der Waals surface area (Å²) in [7, 11) is 0. The van der Waals surface area contributed by atoms with Crippen LogP contribution in [0.2, 0.25) is 0 Å². The monoisotopic (exact) mass is 307 g/mol. The summed E-state index contributed by atoms with van der Waals surface area (Å²) in [6.45, 7) is 4.59. The summed E-state index contributed by atoms with van der Waals surface area (Å²) in [6, 6.07) is 0.286. The molecule has 1 saturated heterocycles. The van der Waals surface area contributed by atoms with Gasteiger partial charge in [0.1, 0.15) is 16.0 Å². The molecule has 21 heavy (non-hydrogen) atoms. The zero-order chi connectivity index (χ0) is 15.1. The van der Waals surface area contributed by atoms with E-state index in [1.54, 1.807) is 11.6 Å². The first-order valence-electron chi connectivity index (χ1n) is 7.01. The van der Waals surface area contributed by atoms with Gasteiger partial charge in [-0.1, -0.05) is 0 Å². The molecule has 0 aromatic carbocycles. The highest BCUT2D eigenvalue weighted by molar-refractivity contribution is 7.20. The van der Waals surface area contributed by atoms with Crippen LogP contribution in [0.3, 0.4) is 0 Å². The lowest BCUT2D eigenvalue weighted by atomic mass is 10.1. The fourth-order valence-corrected chi connectivity index (χ4v) is 3.88. The number of aromatic nitrogens is 2. The molecule has 2 aromatic heterocycles. The number of aryl methyl sites for hydroxylation is 1. The van der Waals surface area contributed by atoms with E-state index >= 15 is 0 Å². The molecule has 3 heterocycles. The Bertz CT molecular complexity index is 765. The number of thiophene rings is 1. The number of aromatic carboxylic acids is 1. The second kappa shape index (κ2) is 5.14. The molecule has 0 spiro atoms. The van der Waals surface area contributed by atoms with Gasteiger partial charge in [-0.2, -0.15) is 0 Å². The van der Waals surface area contributed by atoms with Crippen molar-refractivity contribution < 1.29 is 9.90 Å². The Balaban J connectivity index is 2.18. The van der Waals surface area contributed by atoms with Crippen molar-refractivity contribution in [3.05, 3.63) is 27.1 Å². The number of fused-ring (bicyclic) bond motifs is 1. The van der Waals surface area contributed by atoms with Gasteiger partial charge in [0, 0.05) is 12.6 Å². The normalized spacial score (nSPS) is 19.1. The van der Waals surface area contributed by atoms with Gasteiger partial charge in [-0.3, -0.25) is 4.79 Å². The largest absolute Gasteiger partial charge is 0.477 e. The second-order valence-electron chi connectivity index (χ2n) is 5.44. The van der Waals surface area contributed by atoms with Gasteiger partial charge in [-0.25, -0.2) is 14.5 Å². The number of nitrogens with zero attached hydrogens (tertiary/aromatic N) is 3. The molecule has 0 aliphatic carbocycles. The Hall–Kier alpha value is -1.89. The number of hydrogen-bond donors (Lipinski definition) is 1. The van der Waals surface area contributed by atoms with Crippen LogP contribution in [0.5, 0.6) is 0 Å². The maximum absolute atomic E-state index is 12.7. The van der Waals surface area contributed by atoms with Crippen LogP contribution in [0.1, 0.15) is 41.4 Å². The molecule has 2 aromatic rings. The topological polar surface area (TPSA) is 75.4 Å². The van der Waals surface area contributed by atoms with Gasteiger partial charge in [-0.05, 0) is 38.7 Å².